The van der Waals surface area contributed by atoms with E-state index in [1.165, 1.54) is 22.3 Å². The molecule has 0 nitrogen and oxygen atoms in total. The predicted octanol–water partition coefficient (Wildman–Crippen LogP) is 4.46. The van der Waals surface area contributed by atoms with Gasteiger partial charge in [0.25, 0.3) is 0 Å². The SMILES string of the molecule is C.CCc1cccc2c1Cc1ccccc1-2. The standard InChI is InChI=1S/C15H14.CH4/c1-2-11-7-5-9-14-13-8-4-3-6-12(13)10-15(11)14;/h3-9H,2,10H2,1H3;1H4. The van der Waals surface area contributed by atoms with Crippen LogP contribution in [0.25, 0.3) is 11.1 Å². The van der Waals surface area contributed by atoms with E-state index in [-0.39, 0.29) is 7.43 Å². The lowest BCUT2D eigenvalue weighted by molar-refractivity contribution is 1.08. The van der Waals surface area contributed by atoms with Gasteiger partial charge in [0, 0.05) is 0 Å². The number of aryl methyl sites for hydroxylation is 1. The normalized spacial score (nSPS) is 11.6. The van der Waals surface area contributed by atoms with Crippen LogP contribution in [0.4, 0.5) is 0 Å². The molecule has 0 amide bonds. The minimum absolute atomic E-state index is 0. The summed E-state index contributed by atoms with van der Waals surface area (Å²) in [6, 6.07) is 15.4. The molecule has 0 bridgehead atoms. The van der Waals surface area contributed by atoms with Gasteiger partial charge in [-0.25, -0.2) is 0 Å². The van der Waals surface area contributed by atoms with Crippen LogP contribution in [0.3, 0.4) is 0 Å². The van der Waals surface area contributed by atoms with Crippen molar-refractivity contribution < 1.29 is 0 Å². The van der Waals surface area contributed by atoms with E-state index < -0.39 is 0 Å². The van der Waals surface area contributed by atoms with Crippen LogP contribution < -0.4 is 0 Å². The quantitative estimate of drug-likeness (QED) is 0.556. The summed E-state index contributed by atoms with van der Waals surface area (Å²) in [7, 11) is 0. The summed E-state index contributed by atoms with van der Waals surface area (Å²) in [5.74, 6) is 0. The third-order valence-electron chi connectivity index (χ3n) is 3.33. The summed E-state index contributed by atoms with van der Waals surface area (Å²) in [6.45, 7) is 2.23. The molecule has 0 saturated heterocycles. The molecule has 0 saturated carbocycles. The van der Waals surface area contributed by atoms with Crippen LogP contribution in [0.15, 0.2) is 42.5 Å². The minimum Gasteiger partial charge on any atom is -0.0776 e. The lowest BCUT2D eigenvalue weighted by Gasteiger charge is -2.05. The first kappa shape index (κ1) is 10.9. The van der Waals surface area contributed by atoms with Crippen LogP contribution in [0.1, 0.15) is 31.0 Å². The van der Waals surface area contributed by atoms with Gasteiger partial charge in [-0.15, -0.1) is 0 Å². The van der Waals surface area contributed by atoms with E-state index in [1.807, 2.05) is 0 Å². The van der Waals surface area contributed by atoms with Crippen molar-refractivity contribution in [1.82, 2.24) is 0 Å². The van der Waals surface area contributed by atoms with E-state index in [2.05, 4.69) is 49.4 Å². The Labute approximate surface area is 97.9 Å². The Morgan fingerprint density at radius 2 is 1.69 bits per heavy atom. The molecule has 0 aliphatic heterocycles. The smallest absolute Gasteiger partial charge is 0.00107 e. The van der Waals surface area contributed by atoms with Gasteiger partial charge in [0.2, 0.25) is 0 Å². The fourth-order valence-corrected chi connectivity index (χ4v) is 2.55. The molecule has 82 valence electrons. The van der Waals surface area contributed by atoms with Crippen molar-refractivity contribution in [1.29, 1.82) is 0 Å². The molecule has 0 heterocycles. The molecule has 0 fully saturated rings. The third kappa shape index (κ3) is 1.46. The lowest BCUT2D eigenvalue weighted by Crippen LogP contribution is -1.89. The van der Waals surface area contributed by atoms with Gasteiger partial charge in [-0.2, -0.15) is 0 Å². The zero-order valence-electron chi connectivity index (χ0n) is 8.96. The molecule has 0 spiro atoms. The van der Waals surface area contributed by atoms with E-state index >= 15 is 0 Å². The largest absolute Gasteiger partial charge is 0.0776 e. The number of rotatable bonds is 1. The monoisotopic (exact) mass is 210 g/mol. The summed E-state index contributed by atoms with van der Waals surface area (Å²) in [6.07, 6.45) is 2.26. The molecule has 0 atom stereocenters. The molecule has 0 N–H and O–H groups in total. The van der Waals surface area contributed by atoms with Gasteiger partial charge in [0.1, 0.15) is 0 Å². The Hall–Kier alpha value is -1.56. The van der Waals surface area contributed by atoms with E-state index in [0.717, 1.165) is 12.8 Å². The second-order valence-electron chi connectivity index (χ2n) is 4.13. The van der Waals surface area contributed by atoms with Gasteiger partial charge in [-0.3, -0.25) is 0 Å². The molecule has 2 aromatic rings. The summed E-state index contributed by atoms with van der Waals surface area (Å²) >= 11 is 0. The number of hydrogen-bond acceptors (Lipinski definition) is 0. The second kappa shape index (κ2) is 4.13. The Balaban J connectivity index is 0.000000963. The van der Waals surface area contributed by atoms with Crippen LogP contribution in [-0.4, -0.2) is 0 Å². The molecular formula is C16H18. The van der Waals surface area contributed by atoms with Crippen molar-refractivity contribution in [2.24, 2.45) is 0 Å². The maximum absolute atomic E-state index is 2.25. The molecule has 3 rings (SSSR count). The van der Waals surface area contributed by atoms with Crippen molar-refractivity contribution in [3.05, 3.63) is 59.2 Å². The highest BCUT2D eigenvalue weighted by Gasteiger charge is 2.19. The summed E-state index contributed by atoms with van der Waals surface area (Å²) in [4.78, 5) is 0. The zero-order chi connectivity index (χ0) is 10.3. The first-order valence-electron chi connectivity index (χ1n) is 5.59. The highest BCUT2D eigenvalue weighted by molar-refractivity contribution is 5.77. The Morgan fingerprint density at radius 3 is 2.50 bits per heavy atom. The maximum atomic E-state index is 2.25. The molecule has 0 aromatic heterocycles. The first-order valence-corrected chi connectivity index (χ1v) is 5.59. The number of fused-ring (bicyclic) bond motifs is 3. The van der Waals surface area contributed by atoms with Gasteiger partial charge < -0.3 is 0 Å². The Bertz CT molecular complexity index is 509. The van der Waals surface area contributed by atoms with Gasteiger partial charge in [-0.05, 0) is 40.7 Å². The average Bonchev–Trinajstić information content (AvgIpc) is 2.67. The third-order valence-corrected chi connectivity index (χ3v) is 3.33. The van der Waals surface area contributed by atoms with E-state index in [4.69, 9.17) is 0 Å². The molecule has 1 aliphatic carbocycles. The highest BCUT2D eigenvalue weighted by atomic mass is 14.2. The van der Waals surface area contributed by atoms with E-state index in [9.17, 15) is 0 Å². The number of hydrogen-bond donors (Lipinski definition) is 0. The topological polar surface area (TPSA) is 0 Å². The van der Waals surface area contributed by atoms with Crippen molar-refractivity contribution >= 4 is 0 Å². The van der Waals surface area contributed by atoms with E-state index in [0.29, 0.717) is 0 Å². The molecule has 0 radical (unpaired) electrons. The number of benzene rings is 2. The van der Waals surface area contributed by atoms with Crippen molar-refractivity contribution in [2.75, 3.05) is 0 Å². The van der Waals surface area contributed by atoms with Crippen molar-refractivity contribution in [3.63, 3.8) is 0 Å². The fraction of sp³-hybridized carbons (Fsp3) is 0.250. The van der Waals surface area contributed by atoms with Gasteiger partial charge in [0.15, 0.2) is 0 Å². The second-order valence-corrected chi connectivity index (χ2v) is 4.13. The van der Waals surface area contributed by atoms with Crippen LogP contribution in [0.5, 0.6) is 0 Å². The van der Waals surface area contributed by atoms with Gasteiger partial charge >= 0.3 is 0 Å². The van der Waals surface area contributed by atoms with Crippen LogP contribution >= 0.6 is 0 Å². The summed E-state index contributed by atoms with van der Waals surface area (Å²) in [5, 5.41) is 0. The summed E-state index contributed by atoms with van der Waals surface area (Å²) < 4.78 is 0. The van der Waals surface area contributed by atoms with Crippen LogP contribution in [-0.2, 0) is 12.8 Å². The molecule has 1 aliphatic rings. The Morgan fingerprint density at radius 1 is 0.938 bits per heavy atom. The highest BCUT2D eigenvalue weighted by Crippen LogP contribution is 2.37. The maximum Gasteiger partial charge on any atom is -0.00107 e. The fourth-order valence-electron chi connectivity index (χ4n) is 2.55. The molecule has 16 heavy (non-hydrogen) atoms. The minimum atomic E-state index is 0. The van der Waals surface area contributed by atoms with E-state index in [1.54, 1.807) is 5.56 Å². The Kier molecular flexibility index (Phi) is 2.82. The molecule has 0 heteroatoms. The van der Waals surface area contributed by atoms with Crippen molar-refractivity contribution in [2.45, 2.75) is 27.2 Å². The van der Waals surface area contributed by atoms with Gasteiger partial charge in [-0.1, -0.05) is 56.8 Å². The first-order chi connectivity index (χ1) is 7.40. The molecular weight excluding hydrogens is 192 g/mol. The van der Waals surface area contributed by atoms with Crippen molar-refractivity contribution in [3.8, 4) is 11.1 Å². The van der Waals surface area contributed by atoms with Gasteiger partial charge in [0.05, 0.1) is 0 Å². The molecule has 2 aromatic carbocycles. The van der Waals surface area contributed by atoms with Crippen LogP contribution in [0.2, 0.25) is 0 Å². The van der Waals surface area contributed by atoms with Crippen LogP contribution in [0, 0.1) is 0 Å². The average molecular weight is 210 g/mol. The summed E-state index contributed by atoms with van der Waals surface area (Å²) in [5.41, 5.74) is 7.41. The zero-order valence-corrected chi connectivity index (χ0v) is 8.96. The predicted molar refractivity (Wildman–Crippen MR) is 70.8 cm³/mol. The molecule has 0 unspecified atom stereocenters. The lowest BCUT2D eigenvalue weighted by atomic mass is 10.00.